The average molecular weight is 587 g/mol. The molecule has 0 spiro atoms. The Labute approximate surface area is 270 Å². The molecule has 0 saturated carbocycles. The number of para-hydroxylation sites is 1. The van der Waals surface area contributed by atoms with Gasteiger partial charge >= 0.3 is 59.1 Å². The number of carbonyl (C=O) groups is 2. The number of rotatable bonds is 11. The fourth-order valence-corrected chi connectivity index (χ4v) is 5.25. The van der Waals surface area contributed by atoms with Crippen LogP contribution in [0.3, 0.4) is 0 Å². The van der Waals surface area contributed by atoms with Gasteiger partial charge in [-0.3, -0.25) is 13.9 Å². The van der Waals surface area contributed by atoms with E-state index in [1.54, 1.807) is 32.2 Å². The van der Waals surface area contributed by atoms with Crippen LogP contribution >= 0.6 is 7.75 Å². The van der Waals surface area contributed by atoms with Crippen LogP contribution in [-0.4, -0.2) is 75.0 Å². The minimum absolute atomic E-state index is 0. The van der Waals surface area contributed by atoms with E-state index in [2.05, 4.69) is 15.4 Å². The SMILES string of the molecule is CC(C)CC(NP(=O)([O-])O[C@@H]1O[C@@H](C)[C@H](O)[C@@H](O)[C@H]1O)C(=O)NC(Cc1c[nH]c2ccccc12)C(=O)[O-].[Na+].[Na+]. The second-order valence-electron chi connectivity index (χ2n) is 9.54. The van der Waals surface area contributed by atoms with E-state index in [0.717, 1.165) is 10.9 Å². The van der Waals surface area contributed by atoms with Crippen molar-refractivity contribution >= 4 is 30.5 Å². The number of hydrogen-bond donors (Lipinski definition) is 6. The quantitative estimate of drug-likeness (QED) is 0.107. The maximum atomic E-state index is 13.0. The van der Waals surface area contributed by atoms with Crippen molar-refractivity contribution in [1.29, 1.82) is 0 Å². The summed E-state index contributed by atoms with van der Waals surface area (Å²) < 4.78 is 22.7. The molecule has 13 nitrogen and oxygen atoms in total. The number of carboxylic acids is 1. The number of aliphatic hydroxyl groups is 3. The second-order valence-corrected chi connectivity index (χ2v) is 11.0. The number of carbonyl (C=O) groups excluding carboxylic acids is 2. The van der Waals surface area contributed by atoms with Crippen LogP contribution in [0.2, 0.25) is 0 Å². The Bertz CT molecular complexity index is 1150. The van der Waals surface area contributed by atoms with E-state index in [1.165, 1.54) is 6.92 Å². The smallest absolute Gasteiger partial charge is 0.766 e. The predicted octanol–water partition coefficient (Wildman–Crippen LogP) is -7.73. The topological polar surface area (TPSA) is 216 Å². The fraction of sp³-hybridized carbons (Fsp3) is 0.565. The first-order valence-electron chi connectivity index (χ1n) is 11.8. The molecule has 1 aromatic heterocycles. The molecule has 1 saturated heterocycles. The largest absolute Gasteiger partial charge is 1.00 e. The molecule has 1 amide bonds. The molecule has 206 valence electrons. The summed E-state index contributed by atoms with van der Waals surface area (Å²) >= 11 is 0. The fourth-order valence-electron chi connectivity index (χ4n) is 4.13. The van der Waals surface area contributed by atoms with Crippen molar-refractivity contribution in [3.8, 4) is 0 Å². The van der Waals surface area contributed by atoms with Gasteiger partial charge in [-0.05, 0) is 30.9 Å². The van der Waals surface area contributed by atoms with Gasteiger partial charge in [0.05, 0.1) is 24.2 Å². The van der Waals surface area contributed by atoms with Crippen molar-refractivity contribution in [2.24, 2.45) is 5.92 Å². The maximum Gasteiger partial charge on any atom is 1.00 e. The molecule has 6 N–H and O–H groups in total. The summed E-state index contributed by atoms with van der Waals surface area (Å²) in [4.78, 5) is 40.6. The number of hydrogen-bond acceptors (Lipinski definition) is 10. The van der Waals surface area contributed by atoms with Gasteiger partial charge < -0.3 is 45.2 Å². The van der Waals surface area contributed by atoms with Gasteiger partial charge in [0.25, 0.3) is 0 Å². The van der Waals surface area contributed by atoms with Gasteiger partial charge in [-0.1, -0.05) is 32.0 Å². The molecule has 1 aromatic carbocycles. The molecule has 0 aliphatic carbocycles. The van der Waals surface area contributed by atoms with Crippen molar-refractivity contribution in [3.05, 3.63) is 36.0 Å². The van der Waals surface area contributed by atoms with Crippen LogP contribution in [-0.2, 0) is 29.8 Å². The van der Waals surface area contributed by atoms with Crippen molar-refractivity contribution in [1.82, 2.24) is 15.4 Å². The standard InChI is InChI=1S/C23H34N3O10P.2Na/c1-11(2)8-16(26-37(33,34)36-23-20(29)19(28)18(27)12(3)35-23)21(30)25-17(22(31)32)9-13-10-24-15-7-5-4-6-14(13)15;;/h4-7,10-12,16-20,23-24,27-29H,8-9H2,1-3H3,(H,25,30)(H,31,32)(H2,26,33,34);;/q;2*+1/p-2/t12-,16?,17?,18-,19+,20+,23-;;/m0../s1. The molecule has 3 unspecified atom stereocenters. The molecule has 0 radical (unpaired) electrons. The second kappa shape index (κ2) is 15.8. The van der Waals surface area contributed by atoms with Crippen molar-refractivity contribution in [2.75, 3.05) is 0 Å². The van der Waals surface area contributed by atoms with Crippen LogP contribution < -0.4 is 79.5 Å². The van der Waals surface area contributed by atoms with Gasteiger partial charge in [0.2, 0.25) is 13.7 Å². The van der Waals surface area contributed by atoms with Gasteiger partial charge in [0.1, 0.15) is 18.3 Å². The summed E-state index contributed by atoms with van der Waals surface area (Å²) in [5.41, 5.74) is 1.40. The summed E-state index contributed by atoms with van der Waals surface area (Å²) in [6.45, 7) is 4.81. The van der Waals surface area contributed by atoms with Gasteiger partial charge in [-0.25, -0.2) is 5.09 Å². The Morgan fingerprint density at radius 2 is 1.77 bits per heavy atom. The number of ether oxygens (including phenoxy) is 1. The van der Waals surface area contributed by atoms with E-state index in [4.69, 9.17) is 9.26 Å². The summed E-state index contributed by atoms with van der Waals surface area (Å²) in [6.07, 6.45) is -6.47. The van der Waals surface area contributed by atoms with Gasteiger partial charge in [0, 0.05) is 23.5 Å². The van der Waals surface area contributed by atoms with E-state index < -0.39 is 62.4 Å². The Morgan fingerprint density at radius 3 is 2.38 bits per heavy atom. The summed E-state index contributed by atoms with van der Waals surface area (Å²) in [5, 5.41) is 46.7. The summed E-state index contributed by atoms with van der Waals surface area (Å²) in [6, 6.07) is 4.31. The number of H-pyrrole nitrogens is 1. The number of amides is 1. The zero-order valence-corrected chi connectivity index (χ0v) is 27.5. The van der Waals surface area contributed by atoms with Crippen molar-refractivity contribution in [2.45, 2.75) is 76.4 Å². The third-order valence-electron chi connectivity index (χ3n) is 6.09. The van der Waals surface area contributed by atoms with Gasteiger partial charge in [0.15, 0.2) is 6.29 Å². The Morgan fingerprint density at radius 1 is 1.13 bits per heavy atom. The Balaban J connectivity index is 0.00000380. The van der Waals surface area contributed by atoms with E-state index in [-0.39, 0.29) is 77.9 Å². The number of aromatic amines is 1. The minimum Gasteiger partial charge on any atom is -0.766 e. The van der Waals surface area contributed by atoms with Crippen LogP contribution in [0, 0.1) is 5.92 Å². The van der Waals surface area contributed by atoms with Gasteiger partial charge in [-0.2, -0.15) is 0 Å². The van der Waals surface area contributed by atoms with Crippen LogP contribution in [0.1, 0.15) is 32.8 Å². The molecule has 2 aromatic rings. The number of nitrogens with one attached hydrogen (secondary N) is 3. The zero-order chi connectivity index (χ0) is 27.5. The number of carboxylic acid groups (broad SMARTS) is 1. The number of aliphatic carboxylic acids is 1. The molecule has 1 aliphatic heterocycles. The van der Waals surface area contributed by atoms with E-state index >= 15 is 0 Å². The number of aromatic nitrogens is 1. The first-order valence-corrected chi connectivity index (χ1v) is 13.4. The molecule has 16 heteroatoms. The number of fused-ring (bicyclic) bond motifs is 1. The van der Waals surface area contributed by atoms with Crippen LogP contribution in [0.4, 0.5) is 0 Å². The van der Waals surface area contributed by atoms with Crippen LogP contribution in [0.25, 0.3) is 10.9 Å². The monoisotopic (exact) mass is 587 g/mol. The molecule has 39 heavy (non-hydrogen) atoms. The molecule has 2 heterocycles. The molecule has 1 fully saturated rings. The van der Waals surface area contributed by atoms with E-state index in [0.29, 0.717) is 5.56 Å². The molecule has 3 rings (SSSR count). The summed E-state index contributed by atoms with van der Waals surface area (Å²) in [7, 11) is -5.10. The van der Waals surface area contributed by atoms with Crippen LogP contribution in [0.15, 0.2) is 30.5 Å². The van der Waals surface area contributed by atoms with Crippen LogP contribution in [0.5, 0.6) is 0 Å². The normalized spacial score (nSPS) is 26.1. The number of aliphatic hydroxyl groups excluding tert-OH is 3. The molecule has 1 aliphatic rings. The molecule has 0 bridgehead atoms. The van der Waals surface area contributed by atoms with Crippen molar-refractivity contribution in [3.63, 3.8) is 0 Å². The first kappa shape index (κ1) is 36.7. The van der Waals surface area contributed by atoms with Crippen molar-refractivity contribution < 1.29 is 108 Å². The minimum atomic E-state index is -5.10. The molecule has 8 atom stereocenters. The molecular weight excluding hydrogens is 555 g/mol. The number of benzene rings is 1. The summed E-state index contributed by atoms with van der Waals surface area (Å²) in [5.74, 6) is -2.66. The average Bonchev–Trinajstić information content (AvgIpc) is 3.22. The van der Waals surface area contributed by atoms with E-state index in [1.807, 2.05) is 12.1 Å². The third-order valence-corrected chi connectivity index (χ3v) is 7.20. The zero-order valence-electron chi connectivity index (χ0n) is 22.6. The van der Waals surface area contributed by atoms with Gasteiger partial charge in [-0.15, -0.1) is 0 Å². The maximum absolute atomic E-state index is 13.0. The first-order chi connectivity index (χ1) is 17.3. The molecular formula is C23H32N3Na2O10P. The Hall–Kier alpha value is -0.350. The Kier molecular flexibility index (Phi) is 14.8. The third kappa shape index (κ3) is 9.86. The van der Waals surface area contributed by atoms with E-state index in [9.17, 15) is 39.5 Å². The predicted molar refractivity (Wildman–Crippen MR) is 126 cm³/mol.